The summed E-state index contributed by atoms with van der Waals surface area (Å²) in [6.07, 6.45) is 0.483. The van der Waals surface area contributed by atoms with E-state index in [9.17, 15) is 9.59 Å². The standard InChI is InChI=1S/C10H15ClN2O4/c11-5-7(14)8-6-16-10(17-8)1-3-13(4-2-10)9(12)15/h8H,1-6H2,(H2,12,15). The molecule has 0 saturated carbocycles. The number of primary amides is 1. The van der Waals surface area contributed by atoms with Crippen LogP contribution >= 0.6 is 11.6 Å². The number of hydrogen-bond donors (Lipinski definition) is 1. The SMILES string of the molecule is NC(=O)N1CCC2(CC1)OCC(C(=O)CCl)O2. The van der Waals surface area contributed by atoms with E-state index in [1.54, 1.807) is 0 Å². The van der Waals surface area contributed by atoms with Gasteiger partial charge in [-0.1, -0.05) is 0 Å². The van der Waals surface area contributed by atoms with E-state index in [2.05, 4.69) is 0 Å². The third kappa shape index (κ3) is 2.53. The molecule has 2 aliphatic rings. The largest absolute Gasteiger partial charge is 0.351 e. The van der Waals surface area contributed by atoms with Crippen LogP contribution in [0.25, 0.3) is 0 Å². The number of hydrogen-bond acceptors (Lipinski definition) is 4. The number of piperidine rings is 1. The maximum atomic E-state index is 11.4. The second-order valence-corrected chi connectivity index (χ2v) is 4.52. The van der Waals surface area contributed by atoms with Gasteiger partial charge in [-0.25, -0.2) is 4.79 Å². The summed E-state index contributed by atoms with van der Waals surface area (Å²) >= 11 is 5.47. The van der Waals surface area contributed by atoms with Crippen molar-refractivity contribution in [1.29, 1.82) is 0 Å². The summed E-state index contributed by atoms with van der Waals surface area (Å²) in [5, 5.41) is 0. The van der Waals surface area contributed by atoms with E-state index in [4.69, 9.17) is 26.8 Å². The molecular weight excluding hydrogens is 248 g/mol. The van der Waals surface area contributed by atoms with Crippen molar-refractivity contribution >= 4 is 23.4 Å². The van der Waals surface area contributed by atoms with Gasteiger partial charge in [0.1, 0.15) is 6.10 Å². The van der Waals surface area contributed by atoms with Gasteiger partial charge < -0.3 is 20.1 Å². The fourth-order valence-electron chi connectivity index (χ4n) is 2.13. The summed E-state index contributed by atoms with van der Waals surface area (Å²) in [7, 11) is 0. The number of nitrogens with zero attached hydrogens (tertiary/aromatic N) is 1. The van der Waals surface area contributed by atoms with E-state index in [1.807, 2.05) is 0 Å². The second-order valence-electron chi connectivity index (χ2n) is 4.25. The molecule has 1 unspecified atom stereocenters. The molecule has 2 saturated heterocycles. The highest BCUT2D eigenvalue weighted by atomic mass is 35.5. The van der Waals surface area contributed by atoms with Gasteiger partial charge in [0.15, 0.2) is 11.6 Å². The van der Waals surface area contributed by atoms with Crippen molar-refractivity contribution in [2.75, 3.05) is 25.6 Å². The monoisotopic (exact) mass is 262 g/mol. The molecule has 1 spiro atoms. The zero-order valence-electron chi connectivity index (χ0n) is 9.36. The van der Waals surface area contributed by atoms with Crippen LogP contribution in [0.2, 0.25) is 0 Å². The molecule has 2 heterocycles. The minimum Gasteiger partial charge on any atom is -0.351 e. The summed E-state index contributed by atoms with van der Waals surface area (Å²) in [6.45, 7) is 1.20. The van der Waals surface area contributed by atoms with Crippen LogP contribution in [-0.4, -0.2) is 54.2 Å². The number of carbonyl (C=O) groups is 2. The highest BCUT2D eigenvalue weighted by Crippen LogP contribution is 2.34. The molecule has 0 aromatic rings. The number of rotatable bonds is 2. The van der Waals surface area contributed by atoms with Crippen molar-refractivity contribution in [3.8, 4) is 0 Å². The van der Waals surface area contributed by atoms with Gasteiger partial charge in [0.2, 0.25) is 0 Å². The Morgan fingerprint density at radius 2 is 2.06 bits per heavy atom. The minimum atomic E-state index is -0.738. The number of likely N-dealkylation sites (tertiary alicyclic amines) is 1. The number of ketones is 1. The smallest absolute Gasteiger partial charge is 0.314 e. The van der Waals surface area contributed by atoms with Gasteiger partial charge in [-0.3, -0.25) is 4.79 Å². The number of nitrogens with two attached hydrogens (primary N) is 1. The lowest BCUT2D eigenvalue weighted by Gasteiger charge is -2.37. The number of alkyl halides is 1. The predicted molar refractivity (Wildman–Crippen MR) is 59.7 cm³/mol. The summed E-state index contributed by atoms with van der Waals surface area (Å²) in [5.41, 5.74) is 5.19. The first-order valence-electron chi connectivity index (χ1n) is 5.51. The van der Waals surface area contributed by atoms with E-state index in [-0.39, 0.29) is 18.3 Å². The summed E-state index contributed by atoms with van der Waals surface area (Å²) in [4.78, 5) is 23.9. The van der Waals surface area contributed by atoms with Crippen LogP contribution < -0.4 is 5.73 Å². The topological polar surface area (TPSA) is 81.9 Å². The average molecular weight is 263 g/mol. The molecule has 0 aromatic heterocycles. The molecule has 2 N–H and O–H groups in total. The third-order valence-electron chi connectivity index (χ3n) is 3.18. The lowest BCUT2D eigenvalue weighted by molar-refractivity contribution is -0.192. The number of carbonyl (C=O) groups excluding carboxylic acids is 2. The zero-order chi connectivity index (χ0) is 12.5. The number of Topliss-reactive ketones (excluding diaryl/α,β-unsaturated/α-hetero) is 1. The van der Waals surface area contributed by atoms with Crippen molar-refractivity contribution in [2.45, 2.75) is 24.7 Å². The highest BCUT2D eigenvalue weighted by Gasteiger charge is 2.46. The number of ether oxygens (including phenoxy) is 2. The molecule has 2 amide bonds. The predicted octanol–water partition coefficient (Wildman–Crippen LogP) is 0.0805. The molecule has 17 heavy (non-hydrogen) atoms. The fraction of sp³-hybridized carbons (Fsp3) is 0.800. The lowest BCUT2D eigenvalue weighted by atomic mass is 10.0. The second kappa shape index (κ2) is 4.80. The quantitative estimate of drug-likeness (QED) is 0.715. The van der Waals surface area contributed by atoms with Crippen LogP contribution in [0.1, 0.15) is 12.8 Å². The van der Waals surface area contributed by atoms with Crippen molar-refractivity contribution in [1.82, 2.24) is 4.90 Å². The van der Waals surface area contributed by atoms with E-state index in [0.29, 0.717) is 25.9 Å². The minimum absolute atomic E-state index is 0.0719. The molecule has 96 valence electrons. The van der Waals surface area contributed by atoms with Crippen molar-refractivity contribution in [3.05, 3.63) is 0 Å². The Bertz CT molecular complexity index is 328. The zero-order valence-corrected chi connectivity index (χ0v) is 10.1. The Morgan fingerprint density at radius 3 is 2.59 bits per heavy atom. The molecule has 2 aliphatic heterocycles. The van der Waals surface area contributed by atoms with Crippen molar-refractivity contribution in [2.24, 2.45) is 5.73 Å². The third-order valence-corrected chi connectivity index (χ3v) is 3.45. The molecule has 6 nitrogen and oxygen atoms in total. The van der Waals surface area contributed by atoms with Gasteiger partial charge in [0.25, 0.3) is 0 Å². The number of urea groups is 1. The first-order valence-corrected chi connectivity index (χ1v) is 6.04. The average Bonchev–Trinajstić information content (AvgIpc) is 2.73. The lowest BCUT2D eigenvalue weighted by Crippen LogP contribution is -2.49. The van der Waals surface area contributed by atoms with Crippen molar-refractivity contribution in [3.63, 3.8) is 0 Å². The first kappa shape index (κ1) is 12.6. The van der Waals surface area contributed by atoms with Gasteiger partial charge in [-0.2, -0.15) is 0 Å². The van der Waals surface area contributed by atoms with Gasteiger partial charge in [0.05, 0.1) is 12.5 Å². The molecule has 1 atom stereocenters. The molecule has 0 bridgehead atoms. The van der Waals surface area contributed by atoms with Crippen LogP contribution in [0.15, 0.2) is 0 Å². The van der Waals surface area contributed by atoms with Crippen molar-refractivity contribution < 1.29 is 19.1 Å². The van der Waals surface area contributed by atoms with Crippen LogP contribution in [0.4, 0.5) is 4.79 Å². The molecule has 0 aliphatic carbocycles. The number of amides is 2. The normalized spacial score (nSPS) is 27.4. The van der Waals surface area contributed by atoms with E-state index in [1.165, 1.54) is 4.90 Å². The van der Waals surface area contributed by atoms with Crippen LogP contribution in [-0.2, 0) is 14.3 Å². The number of halogens is 1. The summed E-state index contributed by atoms with van der Waals surface area (Å²) in [6, 6.07) is -0.439. The summed E-state index contributed by atoms with van der Waals surface area (Å²) in [5.74, 6) is -0.976. The molecule has 2 fully saturated rings. The fourth-order valence-corrected chi connectivity index (χ4v) is 2.30. The van der Waals surface area contributed by atoms with Crippen LogP contribution in [0.5, 0.6) is 0 Å². The molecule has 0 radical (unpaired) electrons. The molecule has 7 heteroatoms. The Kier molecular flexibility index (Phi) is 3.56. The van der Waals surface area contributed by atoms with E-state index < -0.39 is 17.9 Å². The van der Waals surface area contributed by atoms with E-state index >= 15 is 0 Å². The summed E-state index contributed by atoms with van der Waals surface area (Å²) < 4.78 is 11.2. The van der Waals surface area contributed by atoms with Gasteiger partial charge >= 0.3 is 6.03 Å². The van der Waals surface area contributed by atoms with Gasteiger partial charge in [0, 0.05) is 25.9 Å². The molecule has 0 aromatic carbocycles. The highest BCUT2D eigenvalue weighted by molar-refractivity contribution is 6.28. The molecule has 2 rings (SSSR count). The maximum Gasteiger partial charge on any atom is 0.314 e. The Morgan fingerprint density at radius 1 is 1.41 bits per heavy atom. The van der Waals surface area contributed by atoms with E-state index in [0.717, 1.165) is 0 Å². The Labute approximate surface area is 104 Å². The van der Waals surface area contributed by atoms with Crippen LogP contribution in [0.3, 0.4) is 0 Å². The van der Waals surface area contributed by atoms with Gasteiger partial charge in [-0.05, 0) is 0 Å². The first-order chi connectivity index (χ1) is 8.06. The Hall–Kier alpha value is -0.850. The van der Waals surface area contributed by atoms with Crippen LogP contribution in [0, 0.1) is 0 Å². The maximum absolute atomic E-state index is 11.4. The van der Waals surface area contributed by atoms with Gasteiger partial charge in [-0.15, -0.1) is 11.6 Å². The molecular formula is C10H15ClN2O4. The Balaban J connectivity index is 1.92.